The number of benzene rings is 2. The van der Waals surface area contributed by atoms with Crippen molar-refractivity contribution >= 4 is 11.6 Å². The maximum atomic E-state index is 12.6. The molecule has 6 nitrogen and oxygen atoms in total. The fraction of sp³-hybridized carbons (Fsp3) is 0.190. The number of furan rings is 1. The lowest BCUT2D eigenvalue weighted by Gasteiger charge is -2.11. The van der Waals surface area contributed by atoms with Crippen molar-refractivity contribution in [2.24, 2.45) is 0 Å². The highest BCUT2D eigenvalue weighted by Crippen LogP contribution is 2.34. The molecule has 2 aromatic carbocycles. The monoisotopic (exact) mass is 367 g/mol. The van der Waals surface area contributed by atoms with Gasteiger partial charge in [-0.05, 0) is 55.5 Å². The Labute approximate surface area is 157 Å². The smallest absolute Gasteiger partial charge is 0.255 e. The number of anilines is 1. The minimum absolute atomic E-state index is 0.186. The van der Waals surface area contributed by atoms with E-state index in [4.69, 9.17) is 13.9 Å². The van der Waals surface area contributed by atoms with Crippen LogP contribution >= 0.6 is 0 Å². The van der Waals surface area contributed by atoms with Gasteiger partial charge in [0.05, 0.1) is 19.3 Å². The van der Waals surface area contributed by atoms with Gasteiger partial charge in [-0.25, -0.2) is 0 Å². The van der Waals surface area contributed by atoms with E-state index in [1.165, 1.54) is 0 Å². The molecule has 0 aliphatic heterocycles. The van der Waals surface area contributed by atoms with Crippen LogP contribution in [0.15, 0.2) is 59.0 Å². The Kier molecular flexibility index (Phi) is 5.78. The SMILES string of the molecule is CCOc1cccc(C(=O)Nc2ccc(OC)c(-c3ccc(CO)o3)c2)c1. The van der Waals surface area contributed by atoms with E-state index in [1.54, 1.807) is 61.7 Å². The van der Waals surface area contributed by atoms with Gasteiger partial charge in [0.2, 0.25) is 0 Å². The number of carbonyl (C=O) groups is 1. The zero-order chi connectivity index (χ0) is 19.2. The van der Waals surface area contributed by atoms with Crippen molar-refractivity contribution in [3.63, 3.8) is 0 Å². The van der Waals surface area contributed by atoms with Gasteiger partial charge in [0.25, 0.3) is 5.91 Å². The van der Waals surface area contributed by atoms with Crippen LogP contribution in [0.25, 0.3) is 11.3 Å². The Balaban J connectivity index is 1.85. The van der Waals surface area contributed by atoms with Crippen LogP contribution in [0.5, 0.6) is 11.5 Å². The quantitative estimate of drug-likeness (QED) is 0.657. The van der Waals surface area contributed by atoms with Crippen LogP contribution in [-0.2, 0) is 6.61 Å². The highest BCUT2D eigenvalue weighted by Gasteiger charge is 2.13. The first kappa shape index (κ1) is 18.5. The molecule has 0 saturated heterocycles. The average Bonchev–Trinajstić information content (AvgIpc) is 3.17. The van der Waals surface area contributed by atoms with E-state index in [1.807, 2.05) is 6.92 Å². The predicted octanol–water partition coefficient (Wildman–Crippen LogP) is 4.10. The summed E-state index contributed by atoms with van der Waals surface area (Å²) < 4.78 is 16.4. The molecule has 3 aromatic rings. The summed E-state index contributed by atoms with van der Waals surface area (Å²) in [5.74, 6) is 2.00. The fourth-order valence-electron chi connectivity index (χ4n) is 2.68. The Bertz CT molecular complexity index is 932. The van der Waals surface area contributed by atoms with Crippen molar-refractivity contribution in [3.05, 3.63) is 65.9 Å². The molecule has 0 bridgehead atoms. The zero-order valence-electron chi connectivity index (χ0n) is 15.2. The molecule has 2 N–H and O–H groups in total. The summed E-state index contributed by atoms with van der Waals surface area (Å²) in [4.78, 5) is 12.6. The van der Waals surface area contributed by atoms with Crippen LogP contribution in [0.4, 0.5) is 5.69 Å². The summed E-state index contributed by atoms with van der Waals surface area (Å²) in [7, 11) is 1.56. The van der Waals surface area contributed by atoms with Gasteiger partial charge in [-0.3, -0.25) is 4.79 Å². The summed E-state index contributed by atoms with van der Waals surface area (Å²) in [6.45, 7) is 2.24. The van der Waals surface area contributed by atoms with Gasteiger partial charge in [-0.1, -0.05) is 6.07 Å². The number of aliphatic hydroxyl groups is 1. The highest BCUT2D eigenvalue weighted by atomic mass is 16.5. The highest BCUT2D eigenvalue weighted by molar-refractivity contribution is 6.04. The summed E-state index contributed by atoms with van der Waals surface area (Å²) >= 11 is 0. The molecule has 0 spiro atoms. The number of ether oxygens (including phenoxy) is 2. The van der Waals surface area contributed by atoms with Gasteiger partial charge in [-0.15, -0.1) is 0 Å². The Hall–Kier alpha value is -3.25. The lowest BCUT2D eigenvalue weighted by molar-refractivity contribution is 0.102. The molecule has 140 valence electrons. The zero-order valence-corrected chi connectivity index (χ0v) is 15.2. The maximum Gasteiger partial charge on any atom is 0.255 e. The van der Waals surface area contributed by atoms with Crippen molar-refractivity contribution in [1.29, 1.82) is 0 Å². The van der Waals surface area contributed by atoms with E-state index in [0.717, 1.165) is 0 Å². The second-order valence-electron chi connectivity index (χ2n) is 5.75. The lowest BCUT2D eigenvalue weighted by Crippen LogP contribution is -2.12. The Morgan fingerprint density at radius 2 is 2.00 bits per heavy atom. The number of carbonyl (C=O) groups excluding carboxylic acids is 1. The Morgan fingerprint density at radius 1 is 1.15 bits per heavy atom. The third kappa shape index (κ3) is 4.30. The summed E-state index contributed by atoms with van der Waals surface area (Å²) in [6, 6.07) is 15.7. The summed E-state index contributed by atoms with van der Waals surface area (Å²) in [6.07, 6.45) is 0. The van der Waals surface area contributed by atoms with Crippen LogP contribution in [0.2, 0.25) is 0 Å². The molecule has 1 aromatic heterocycles. The topological polar surface area (TPSA) is 80.9 Å². The molecular formula is C21H21NO5. The summed E-state index contributed by atoms with van der Waals surface area (Å²) in [5, 5.41) is 12.1. The average molecular weight is 367 g/mol. The third-order valence-electron chi connectivity index (χ3n) is 3.95. The first-order chi connectivity index (χ1) is 13.1. The van der Waals surface area contributed by atoms with Crippen molar-refractivity contribution in [3.8, 4) is 22.8 Å². The summed E-state index contributed by atoms with van der Waals surface area (Å²) in [5.41, 5.74) is 1.77. The molecule has 0 unspecified atom stereocenters. The number of hydrogen-bond donors (Lipinski definition) is 2. The molecule has 0 fully saturated rings. The minimum Gasteiger partial charge on any atom is -0.496 e. The van der Waals surface area contributed by atoms with Crippen molar-refractivity contribution < 1.29 is 23.8 Å². The molecule has 0 atom stereocenters. The van der Waals surface area contributed by atoms with Crippen LogP contribution in [0, 0.1) is 0 Å². The molecule has 0 aliphatic rings. The third-order valence-corrected chi connectivity index (χ3v) is 3.95. The van der Waals surface area contributed by atoms with Gasteiger partial charge < -0.3 is 24.3 Å². The first-order valence-electron chi connectivity index (χ1n) is 8.56. The molecule has 6 heteroatoms. The number of aliphatic hydroxyl groups excluding tert-OH is 1. The number of amides is 1. The first-order valence-corrected chi connectivity index (χ1v) is 8.56. The largest absolute Gasteiger partial charge is 0.496 e. The second-order valence-corrected chi connectivity index (χ2v) is 5.75. The second kappa shape index (κ2) is 8.42. The molecule has 0 radical (unpaired) electrons. The fourth-order valence-corrected chi connectivity index (χ4v) is 2.68. The van der Waals surface area contributed by atoms with E-state index in [0.29, 0.717) is 46.4 Å². The van der Waals surface area contributed by atoms with E-state index in [2.05, 4.69) is 5.32 Å². The molecule has 1 amide bonds. The molecule has 0 aliphatic carbocycles. The molecule has 27 heavy (non-hydrogen) atoms. The molecule has 1 heterocycles. The van der Waals surface area contributed by atoms with Crippen molar-refractivity contribution in [1.82, 2.24) is 0 Å². The lowest BCUT2D eigenvalue weighted by atomic mass is 10.1. The molecular weight excluding hydrogens is 346 g/mol. The van der Waals surface area contributed by atoms with Crippen LogP contribution in [0.3, 0.4) is 0 Å². The minimum atomic E-state index is -0.247. The van der Waals surface area contributed by atoms with Crippen LogP contribution in [-0.4, -0.2) is 24.7 Å². The predicted molar refractivity (Wildman–Crippen MR) is 102 cm³/mol. The molecule has 3 rings (SSSR count). The number of methoxy groups -OCH3 is 1. The standard InChI is InChI=1S/C21H21NO5/c1-3-26-16-6-4-5-14(11-16)21(24)22-15-7-9-19(25-2)18(12-15)20-10-8-17(13-23)27-20/h4-12,23H,3,13H2,1-2H3,(H,22,24). The van der Waals surface area contributed by atoms with Crippen LogP contribution in [0.1, 0.15) is 23.0 Å². The van der Waals surface area contributed by atoms with Gasteiger partial charge in [0, 0.05) is 11.3 Å². The van der Waals surface area contributed by atoms with Gasteiger partial charge >= 0.3 is 0 Å². The number of rotatable bonds is 7. The van der Waals surface area contributed by atoms with Crippen LogP contribution < -0.4 is 14.8 Å². The number of nitrogens with one attached hydrogen (secondary N) is 1. The Morgan fingerprint density at radius 3 is 2.70 bits per heavy atom. The van der Waals surface area contributed by atoms with E-state index >= 15 is 0 Å². The maximum absolute atomic E-state index is 12.6. The van der Waals surface area contributed by atoms with Crippen molar-refractivity contribution in [2.75, 3.05) is 19.0 Å². The van der Waals surface area contributed by atoms with E-state index < -0.39 is 0 Å². The van der Waals surface area contributed by atoms with E-state index in [-0.39, 0.29) is 12.5 Å². The van der Waals surface area contributed by atoms with Gasteiger partial charge in [0.1, 0.15) is 29.6 Å². The number of hydrogen-bond acceptors (Lipinski definition) is 5. The normalized spacial score (nSPS) is 10.5. The van der Waals surface area contributed by atoms with Gasteiger partial charge in [-0.2, -0.15) is 0 Å². The van der Waals surface area contributed by atoms with Gasteiger partial charge in [0.15, 0.2) is 0 Å². The van der Waals surface area contributed by atoms with E-state index in [9.17, 15) is 9.90 Å². The molecule has 0 saturated carbocycles. The van der Waals surface area contributed by atoms with Crippen molar-refractivity contribution in [2.45, 2.75) is 13.5 Å².